The molecule has 5 fully saturated rings. The fourth-order valence-corrected chi connectivity index (χ4v) is 8.20. The molecule has 2 aromatic rings. The maximum Gasteiger partial charge on any atom is 0.285 e. The molecule has 7 rings (SSSR count). The van der Waals surface area contributed by atoms with Crippen molar-refractivity contribution in [3.63, 3.8) is 0 Å². The number of fused-ring (bicyclic) bond motifs is 1. The summed E-state index contributed by atoms with van der Waals surface area (Å²) in [4.78, 5) is 27.3. The number of carbonyl (C=O) groups excluding carboxylic acids is 2. The molecule has 5 nitrogen and oxygen atoms in total. The lowest BCUT2D eigenvalue weighted by atomic mass is 9.49. The smallest absolute Gasteiger partial charge is 0.285 e. The lowest BCUT2D eigenvalue weighted by molar-refractivity contribution is -0.152. The average molecular weight is 466 g/mol. The fourth-order valence-electron chi connectivity index (χ4n) is 7.04. The molecule has 4 bridgehead atoms. The van der Waals surface area contributed by atoms with Crippen LogP contribution in [-0.2, 0) is 16.6 Å². The van der Waals surface area contributed by atoms with Crippen LogP contribution < -0.4 is 5.43 Å². The van der Waals surface area contributed by atoms with Gasteiger partial charge in [-0.25, -0.2) is 0 Å². The zero-order valence-corrected chi connectivity index (χ0v) is 20.0. The van der Waals surface area contributed by atoms with Crippen molar-refractivity contribution in [1.29, 1.82) is 0 Å². The summed E-state index contributed by atoms with van der Waals surface area (Å²) in [5, 5.41) is 2.42. The van der Waals surface area contributed by atoms with Crippen LogP contribution in [0.5, 0.6) is 0 Å². The highest BCUT2D eigenvalue weighted by Gasteiger charge is 2.55. The Morgan fingerprint density at radius 2 is 1.78 bits per heavy atom. The first-order valence-corrected chi connectivity index (χ1v) is 12.7. The van der Waals surface area contributed by atoms with E-state index in [2.05, 4.69) is 29.0 Å². The Labute approximate surface area is 197 Å². The summed E-state index contributed by atoms with van der Waals surface area (Å²) >= 11 is 6.78. The van der Waals surface area contributed by atoms with Crippen LogP contribution in [0.4, 0.5) is 0 Å². The summed E-state index contributed by atoms with van der Waals surface area (Å²) in [5.41, 5.74) is 5.88. The van der Waals surface area contributed by atoms with E-state index in [9.17, 15) is 9.59 Å². The first-order chi connectivity index (χ1) is 15.3. The molecule has 32 heavy (non-hydrogen) atoms. The molecule has 1 aliphatic heterocycles. The third-order valence-corrected chi connectivity index (χ3v) is 9.55. The van der Waals surface area contributed by atoms with Crippen molar-refractivity contribution >= 4 is 57.1 Å². The van der Waals surface area contributed by atoms with Gasteiger partial charge in [0.05, 0.1) is 10.3 Å². The molecule has 0 atom stereocenters. The van der Waals surface area contributed by atoms with Crippen LogP contribution in [0.3, 0.4) is 0 Å². The van der Waals surface area contributed by atoms with Gasteiger partial charge in [0.1, 0.15) is 0 Å². The second-order valence-electron chi connectivity index (χ2n) is 10.2. The van der Waals surface area contributed by atoms with Gasteiger partial charge in [-0.15, -0.1) is 0 Å². The number of carbonyl (C=O) groups is 2. The Hall–Kier alpha value is -2.12. The van der Waals surface area contributed by atoms with Crippen LogP contribution in [0.1, 0.15) is 49.8 Å². The van der Waals surface area contributed by atoms with Gasteiger partial charge < -0.3 is 4.57 Å². The number of hydrazine groups is 1. The standard InChI is InChI=1S/C25H27N3O2S2/c1-14-19(18-5-3-4-6-20(18)27(14)2)10-21-22(29)28(24(31)32-21)26-23(30)25-11-15-7-16(12-25)9-17(8-15)13-25/h3-6,10,15-17H,7-9,11-13H2,1-2H3,(H,26,30)/b21-10-. The number of aromatic nitrogens is 1. The molecule has 0 spiro atoms. The lowest BCUT2D eigenvalue weighted by Crippen LogP contribution is -2.57. The van der Waals surface area contributed by atoms with E-state index in [0.717, 1.165) is 41.4 Å². The van der Waals surface area contributed by atoms with Gasteiger partial charge in [-0.05, 0) is 87.6 Å². The summed E-state index contributed by atoms with van der Waals surface area (Å²) in [5.74, 6) is 1.79. The number of para-hydroxylation sites is 1. The number of thioether (sulfide) groups is 1. The van der Waals surface area contributed by atoms with Gasteiger partial charge in [-0.1, -0.05) is 30.0 Å². The number of aryl methyl sites for hydroxylation is 1. The molecule has 7 heteroatoms. The topological polar surface area (TPSA) is 54.3 Å². The first-order valence-electron chi connectivity index (χ1n) is 11.5. The van der Waals surface area contributed by atoms with E-state index in [-0.39, 0.29) is 17.2 Å². The third kappa shape index (κ3) is 3.00. The van der Waals surface area contributed by atoms with Crippen molar-refractivity contribution < 1.29 is 9.59 Å². The molecule has 0 radical (unpaired) electrons. The molecular weight excluding hydrogens is 438 g/mol. The van der Waals surface area contributed by atoms with Crippen LogP contribution in [0.2, 0.25) is 0 Å². The first kappa shape index (κ1) is 20.5. The largest absolute Gasteiger partial charge is 0.347 e. The van der Waals surface area contributed by atoms with Crippen LogP contribution in [-0.4, -0.2) is 25.7 Å². The van der Waals surface area contributed by atoms with E-state index in [1.807, 2.05) is 25.3 Å². The summed E-state index contributed by atoms with van der Waals surface area (Å²) < 4.78 is 2.54. The normalized spacial score (nSPS) is 32.5. The fraction of sp³-hybridized carbons (Fsp3) is 0.480. The predicted molar refractivity (Wildman–Crippen MR) is 131 cm³/mol. The Bertz CT molecular complexity index is 1180. The summed E-state index contributed by atoms with van der Waals surface area (Å²) in [6.07, 6.45) is 8.65. The molecule has 1 saturated heterocycles. The van der Waals surface area contributed by atoms with Crippen molar-refractivity contribution in [3.05, 3.63) is 40.4 Å². The number of nitrogens with one attached hydrogen (secondary N) is 1. The highest BCUT2D eigenvalue weighted by atomic mass is 32.2. The summed E-state index contributed by atoms with van der Waals surface area (Å²) in [6, 6.07) is 8.18. The minimum Gasteiger partial charge on any atom is -0.347 e. The molecule has 4 aliphatic carbocycles. The van der Waals surface area contributed by atoms with Gasteiger partial charge in [-0.2, -0.15) is 5.01 Å². The zero-order valence-electron chi connectivity index (χ0n) is 18.4. The number of benzene rings is 1. The third-order valence-electron chi connectivity index (χ3n) is 8.25. The Morgan fingerprint density at radius 3 is 2.44 bits per heavy atom. The van der Waals surface area contributed by atoms with Crippen molar-refractivity contribution in [1.82, 2.24) is 15.0 Å². The van der Waals surface area contributed by atoms with Crippen LogP contribution in [0, 0.1) is 30.1 Å². The molecule has 0 unspecified atom stereocenters. The number of thiocarbonyl (C=S) groups is 1. The lowest BCUT2D eigenvalue weighted by Gasteiger charge is -2.55. The Balaban J connectivity index is 1.27. The minimum atomic E-state index is -0.312. The van der Waals surface area contributed by atoms with Gasteiger partial charge in [-0.3, -0.25) is 15.0 Å². The highest BCUT2D eigenvalue weighted by molar-refractivity contribution is 8.26. The van der Waals surface area contributed by atoms with E-state index in [1.165, 1.54) is 36.0 Å². The van der Waals surface area contributed by atoms with E-state index in [4.69, 9.17) is 12.2 Å². The molecule has 2 amide bonds. The summed E-state index contributed by atoms with van der Waals surface area (Å²) in [6.45, 7) is 2.06. The van der Waals surface area contributed by atoms with E-state index in [0.29, 0.717) is 27.0 Å². The molecule has 166 valence electrons. The molecule has 2 heterocycles. The Kier molecular flexibility index (Phi) is 4.60. The summed E-state index contributed by atoms with van der Waals surface area (Å²) in [7, 11) is 2.03. The number of hydrogen-bond donors (Lipinski definition) is 1. The van der Waals surface area contributed by atoms with Crippen molar-refractivity contribution in [3.8, 4) is 0 Å². The molecule has 1 N–H and O–H groups in total. The van der Waals surface area contributed by atoms with Gasteiger partial charge in [0, 0.05) is 29.2 Å². The second-order valence-corrected chi connectivity index (χ2v) is 11.9. The molecule has 5 aliphatic rings. The van der Waals surface area contributed by atoms with E-state index >= 15 is 0 Å². The second kappa shape index (κ2) is 7.19. The van der Waals surface area contributed by atoms with Crippen molar-refractivity contribution in [2.24, 2.45) is 30.2 Å². The Morgan fingerprint density at radius 1 is 1.16 bits per heavy atom. The minimum absolute atomic E-state index is 0.00417. The predicted octanol–water partition coefficient (Wildman–Crippen LogP) is 4.94. The maximum atomic E-state index is 13.4. The van der Waals surface area contributed by atoms with Crippen LogP contribution >= 0.6 is 24.0 Å². The number of nitrogens with zero attached hydrogens (tertiary/aromatic N) is 2. The number of amides is 2. The van der Waals surface area contributed by atoms with Gasteiger partial charge in [0.25, 0.3) is 5.91 Å². The highest BCUT2D eigenvalue weighted by Crippen LogP contribution is 2.60. The van der Waals surface area contributed by atoms with E-state index < -0.39 is 0 Å². The van der Waals surface area contributed by atoms with Crippen molar-refractivity contribution in [2.75, 3.05) is 0 Å². The zero-order chi connectivity index (χ0) is 22.2. The van der Waals surface area contributed by atoms with Crippen LogP contribution in [0.25, 0.3) is 17.0 Å². The quantitative estimate of drug-likeness (QED) is 0.516. The molecule has 1 aromatic heterocycles. The van der Waals surface area contributed by atoms with E-state index in [1.54, 1.807) is 0 Å². The average Bonchev–Trinajstić information content (AvgIpc) is 3.16. The number of rotatable bonds is 3. The maximum absolute atomic E-state index is 13.4. The molecule has 4 saturated carbocycles. The number of hydrogen-bond acceptors (Lipinski definition) is 4. The van der Waals surface area contributed by atoms with Gasteiger partial charge >= 0.3 is 0 Å². The van der Waals surface area contributed by atoms with Crippen LogP contribution in [0.15, 0.2) is 29.2 Å². The molecule has 1 aromatic carbocycles. The van der Waals surface area contributed by atoms with Gasteiger partial charge in [0.2, 0.25) is 5.91 Å². The van der Waals surface area contributed by atoms with Gasteiger partial charge in [0.15, 0.2) is 4.32 Å². The SMILES string of the molecule is Cc1c(/C=C2\SC(=S)N(NC(=O)C34CC5CC(CC(C5)C3)C4)C2=O)c2ccccc2n1C. The van der Waals surface area contributed by atoms with Crippen molar-refractivity contribution in [2.45, 2.75) is 45.4 Å². The monoisotopic (exact) mass is 465 g/mol. The molecular formula is C25H27N3O2S2.